The van der Waals surface area contributed by atoms with E-state index >= 15 is 8.78 Å². The first kappa shape index (κ1) is 31.3. The number of amides is 1. The standard InChI is InChI=1S/C30H26ClF2IN4O4S/c31-24-14-21(34)11-12-25(24)36-29-23(30(39)37-42-18-20-9-10-20)15-26(27(32)28(29)33)43(40,41)38(16-19-6-2-1-3-7-19)17-22-8-4-5-13-35-22/h1-8,11-15,20,36H,9-10,16-18H2,(H,37,39). The highest BCUT2D eigenvalue weighted by Crippen LogP contribution is 2.35. The lowest BCUT2D eigenvalue weighted by Crippen LogP contribution is -2.32. The van der Waals surface area contributed by atoms with Gasteiger partial charge in [0.15, 0.2) is 11.6 Å². The minimum Gasteiger partial charge on any atom is -0.351 e. The monoisotopic (exact) mass is 738 g/mol. The van der Waals surface area contributed by atoms with Gasteiger partial charge in [0.1, 0.15) is 4.90 Å². The predicted molar refractivity (Wildman–Crippen MR) is 167 cm³/mol. The largest absolute Gasteiger partial charge is 0.351 e. The molecule has 224 valence electrons. The average molecular weight is 739 g/mol. The van der Waals surface area contributed by atoms with Gasteiger partial charge in [0, 0.05) is 16.3 Å². The Morgan fingerprint density at radius 2 is 1.77 bits per heavy atom. The molecule has 0 atom stereocenters. The molecule has 3 aromatic carbocycles. The molecule has 5 rings (SSSR count). The molecular weight excluding hydrogens is 713 g/mol. The van der Waals surface area contributed by atoms with Gasteiger partial charge < -0.3 is 5.32 Å². The normalized spacial score (nSPS) is 13.2. The van der Waals surface area contributed by atoms with Crippen molar-refractivity contribution in [1.82, 2.24) is 14.8 Å². The lowest BCUT2D eigenvalue weighted by atomic mass is 10.1. The fourth-order valence-electron chi connectivity index (χ4n) is 4.21. The van der Waals surface area contributed by atoms with Crippen LogP contribution in [0.4, 0.5) is 20.2 Å². The first-order valence-electron chi connectivity index (χ1n) is 13.2. The van der Waals surface area contributed by atoms with Crippen LogP contribution in [0.3, 0.4) is 0 Å². The lowest BCUT2D eigenvalue weighted by molar-refractivity contribution is 0.0270. The van der Waals surface area contributed by atoms with Gasteiger partial charge in [0.25, 0.3) is 5.91 Å². The number of carbonyl (C=O) groups is 1. The second-order valence-corrected chi connectivity index (χ2v) is 13.5. The second kappa shape index (κ2) is 13.6. The van der Waals surface area contributed by atoms with E-state index in [1.807, 2.05) is 22.6 Å². The third-order valence-electron chi connectivity index (χ3n) is 6.67. The van der Waals surface area contributed by atoms with Crippen molar-refractivity contribution in [2.24, 2.45) is 5.92 Å². The number of pyridine rings is 1. The molecule has 4 aromatic rings. The summed E-state index contributed by atoms with van der Waals surface area (Å²) in [7, 11) is -4.73. The van der Waals surface area contributed by atoms with Crippen LogP contribution in [0.15, 0.2) is 83.9 Å². The number of hydrogen-bond donors (Lipinski definition) is 2. The SMILES string of the molecule is O=C(NOCC1CC1)c1cc(S(=O)(=O)N(Cc2ccccc2)Cc2ccccn2)c(F)c(F)c1Nc1ccc(I)cc1Cl. The zero-order valence-corrected chi connectivity index (χ0v) is 26.3. The number of halogens is 4. The molecule has 43 heavy (non-hydrogen) atoms. The van der Waals surface area contributed by atoms with Crippen molar-refractivity contribution in [1.29, 1.82) is 0 Å². The third-order valence-corrected chi connectivity index (χ3v) is 9.45. The van der Waals surface area contributed by atoms with Gasteiger partial charge in [0.2, 0.25) is 10.0 Å². The number of anilines is 2. The van der Waals surface area contributed by atoms with Crippen molar-refractivity contribution in [3.8, 4) is 0 Å². The molecular formula is C30H26ClF2IN4O4S. The Hall–Kier alpha value is -3.17. The number of hydrogen-bond acceptors (Lipinski definition) is 6. The minimum absolute atomic E-state index is 0.162. The highest BCUT2D eigenvalue weighted by atomic mass is 127. The highest BCUT2D eigenvalue weighted by molar-refractivity contribution is 14.1. The molecule has 8 nitrogen and oxygen atoms in total. The van der Waals surface area contributed by atoms with E-state index < -0.39 is 43.7 Å². The summed E-state index contributed by atoms with van der Waals surface area (Å²) >= 11 is 8.35. The highest BCUT2D eigenvalue weighted by Gasteiger charge is 2.34. The third kappa shape index (κ3) is 7.68. The van der Waals surface area contributed by atoms with Gasteiger partial charge in [-0.3, -0.25) is 14.6 Å². The van der Waals surface area contributed by atoms with Crippen LogP contribution in [-0.2, 0) is 28.0 Å². The summed E-state index contributed by atoms with van der Waals surface area (Å²) in [4.78, 5) is 21.7. The van der Waals surface area contributed by atoms with Crippen LogP contribution >= 0.6 is 34.2 Å². The van der Waals surface area contributed by atoms with Gasteiger partial charge in [-0.2, -0.15) is 4.31 Å². The number of carbonyl (C=O) groups excluding carboxylic acids is 1. The van der Waals surface area contributed by atoms with Gasteiger partial charge in [-0.05, 0) is 83.3 Å². The molecule has 2 N–H and O–H groups in total. The predicted octanol–water partition coefficient (Wildman–Crippen LogP) is 6.82. The van der Waals surface area contributed by atoms with Crippen molar-refractivity contribution in [3.05, 3.63) is 116 Å². The van der Waals surface area contributed by atoms with Gasteiger partial charge in [-0.1, -0.05) is 48.0 Å². The number of aromatic nitrogens is 1. The van der Waals surface area contributed by atoms with Crippen LogP contribution in [0.2, 0.25) is 5.02 Å². The minimum atomic E-state index is -4.73. The zero-order valence-electron chi connectivity index (χ0n) is 22.6. The summed E-state index contributed by atoms with van der Waals surface area (Å²) in [5.41, 5.74) is 2.34. The van der Waals surface area contributed by atoms with Gasteiger partial charge in [0.05, 0.1) is 40.8 Å². The molecule has 0 spiro atoms. The molecule has 1 aromatic heterocycles. The summed E-state index contributed by atoms with van der Waals surface area (Å²) in [5.74, 6) is -3.89. The summed E-state index contributed by atoms with van der Waals surface area (Å²) in [6.45, 7) is -0.157. The Balaban J connectivity index is 1.58. The number of benzene rings is 3. The Bertz CT molecular complexity index is 1690. The molecule has 1 amide bonds. The van der Waals surface area contributed by atoms with Crippen LogP contribution in [-0.4, -0.2) is 30.2 Å². The molecule has 1 saturated carbocycles. The number of sulfonamides is 1. The molecule has 1 heterocycles. The van der Waals surface area contributed by atoms with E-state index in [1.54, 1.807) is 60.7 Å². The van der Waals surface area contributed by atoms with Crippen molar-refractivity contribution >= 4 is 61.5 Å². The zero-order chi connectivity index (χ0) is 30.6. The van der Waals surface area contributed by atoms with Gasteiger partial charge >= 0.3 is 0 Å². The Morgan fingerprint density at radius 1 is 1.02 bits per heavy atom. The number of nitrogens with zero attached hydrogens (tertiary/aromatic N) is 2. The van der Waals surface area contributed by atoms with Crippen molar-refractivity contribution in [3.63, 3.8) is 0 Å². The topological polar surface area (TPSA) is 101 Å². The molecule has 1 aliphatic rings. The van der Waals surface area contributed by atoms with E-state index in [2.05, 4.69) is 15.8 Å². The van der Waals surface area contributed by atoms with E-state index in [0.29, 0.717) is 17.2 Å². The van der Waals surface area contributed by atoms with Crippen LogP contribution in [0.25, 0.3) is 0 Å². The Labute approximate surface area is 266 Å². The quantitative estimate of drug-likeness (QED) is 0.122. The number of rotatable bonds is 12. The molecule has 1 aliphatic carbocycles. The van der Waals surface area contributed by atoms with Crippen molar-refractivity contribution in [2.75, 3.05) is 11.9 Å². The molecule has 0 unspecified atom stereocenters. The summed E-state index contributed by atoms with van der Waals surface area (Å²) in [6.07, 6.45) is 3.41. The van der Waals surface area contributed by atoms with E-state index in [1.165, 1.54) is 12.3 Å². The maximum atomic E-state index is 15.9. The van der Waals surface area contributed by atoms with Crippen LogP contribution in [0, 0.1) is 21.1 Å². The van der Waals surface area contributed by atoms with E-state index in [0.717, 1.165) is 26.8 Å². The van der Waals surface area contributed by atoms with Crippen molar-refractivity contribution < 1.29 is 26.8 Å². The molecule has 0 bridgehead atoms. The maximum Gasteiger partial charge on any atom is 0.277 e. The first-order valence-corrected chi connectivity index (χ1v) is 16.1. The fourth-order valence-corrected chi connectivity index (χ4v) is 6.59. The van der Waals surface area contributed by atoms with E-state index in [9.17, 15) is 13.2 Å². The Kier molecular flexibility index (Phi) is 9.92. The van der Waals surface area contributed by atoms with Crippen molar-refractivity contribution in [2.45, 2.75) is 30.8 Å². The van der Waals surface area contributed by atoms with Crippen LogP contribution < -0.4 is 10.8 Å². The second-order valence-electron chi connectivity index (χ2n) is 9.94. The van der Waals surface area contributed by atoms with E-state index in [4.69, 9.17) is 16.4 Å². The summed E-state index contributed by atoms with van der Waals surface area (Å²) < 4.78 is 61.6. The molecule has 1 fully saturated rings. The number of hydroxylamine groups is 1. The molecule has 13 heteroatoms. The number of nitrogens with one attached hydrogen (secondary N) is 2. The summed E-state index contributed by atoms with van der Waals surface area (Å²) in [5, 5.41) is 2.86. The average Bonchev–Trinajstić information content (AvgIpc) is 3.82. The maximum absolute atomic E-state index is 15.9. The lowest BCUT2D eigenvalue weighted by Gasteiger charge is -2.24. The fraction of sp³-hybridized carbons (Fsp3) is 0.200. The van der Waals surface area contributed by atoms with Crippen LogP contribution in [0.5, 0.6) is 0 Å². The molecule has 0 radical (unpaired) electrons. The Morgan fingerprint density at radius 3 is 2.44 bits per heavy atom. The smallest absolute Gasteiger partial charge is 0.277 e. The van der Waals surface area contributed by atoms with Gasteiger partial charge in [-0.15, -0.1) is 0 Å². The molecule has 0 aliphatic heterocycles. The first-order chi connectivity index (χ1) is 20.6. The van der Waals surface area contributed by atoms with Crippen LogP contribution in [0.1, 0.15) is 34.5 Å². The molecule has 0 saturated heterocycles. The summed E-state index contributed by atoms with van der Waals surface area (Å²) in [6, 6.07) is 19.3. The van der Waals surface area contributed by atoms with Gasteiger partial charge in [-0.25, -0.2) is 22.7 Å². The van der Waals surface area contributed by atoms with E-state index in [-0.39, 0.29) is 30.4 Å².